The molecule has 0 heterocycles. The van der Waals surface area contributed by atoms with Crippen LogP contribution in [0.2, 0.25) is 0 Å². The van der Waals surface area contributed by atoms with Crippen molar-refractivity contribution in [3.63, 3.8) is 0 Å². The average molecular weight is 287 g/mol. The second-order valence-electron chi connectivity index (χ2n) is 5.31. The lowest BCUT2D eigenvalue weighted by Gasteiger charge is -2.27. The van der Waals surface area contributed by atoms with E-state index in [4.69, 9.17) is 10.8 Å². The number of carboxylic acids is 1. The lowest BCUT2D eigenvalue weighted by molar-refractivity contribution is -0.148. The summed E-state index contributed by atoms with van der Waals surface area (Å²) in [7, 11) is 0. The van der Waals surface area contributed by atoms with E-state index in [-0.39, 0.29) is 12.5 Å². The van der Waals surface area contributed by atoms with Crippen LogP contribution in [-0.4, -0.2) is 35.6 Å². The number of nitrogens with one attached hydrogen (secondary N) is 2. The largest absolute Gasteiger partial charge is 0.481 e. The lowest BCUT2D eigenvalue weighted by atomic mass is 9.87. The highest BCUT2D eigenvalue weighted by molar-refractivity contribution is 5.87. The Bertz CT molecular complexity index is 373. The predicted octanol–water partition coefficient (Wildman–Crippen LogP) is 0.687. The first-order chi connectivity index (χ1) is 9.17. The van der Waals surface area contributed by atoms with Crippen LogP contribution < -0.4 is 16.4 Å². The number of hydrogen-bond donors (Lipinski definition) is 4. The van der Waals surface area contributed by atoms with Gasteiger partial charge in [0.2, 0.25) is 5.91 Å². The molecule has 20 heavy (non-hydrogen) atoms. The monoisotopic (exact) mass is 287 g/mol. The van der Waals surface area contributed by atoms with Crippen LogP contribution in [0.25, 0.3) is 0 Å². The Balaban J connectivity index is 4.76. The van der Waals surface area contributed by atoms with Gasteiger partial charge in [-0.3, -0.25) is 9.59 Å². The maximum Gasteiger partial charge on any atom is 0.312 e. The molecule has 0 aromatic heterocycles. The molecule has 3 unspecified atom stereocenters. The molecule has 0 aromatic carbocycles. The minimum Gasteiger partial charge on any atom is -0.481 e. The highest BCUT2D eigenvalue weighted by atomic mass is 16.4. The molecule has 0 bridgehead atoms. The van der Waals surface area contributed by atoms with E-state index in [1.54, 1.807) is 13.8 Å². The van der Waals surface area contributed by atoms with Gasteiger partial charge in [0.1, 0.15) is 6.04 Å². The number of carbonyl (C=O) groups excluding carboxylic acids is 2. The second kappa shape index (κ2) is 7.72. The maximum atomic E-state index is 12.1. The van der Waals surface area contributed by atoms with Gasteiger partial charge < -0.3 is 21.5 Å². The summed E-state index contributed by atoms with van der Waals surface area (Å²) in [5, 5.41) is 14.1. The van der Waals surface area contributed by atoms with Gasteiger partial charge in [0.15, 0.2) is 0 Å². The van der Waals surface area contributed by atoms with Crippen molar-refractivity contribution in [2.24, 2.45) is 17.1 Å². The first-order valence-corrected chi connectivity index (χ1v) is 6.75. The van der Waals surface area contributed by atoms with Gasteiger partial charge in [-0.05, 0) is 19.3 Å². The molecule has 5 N–H and O–H groups in total. The molecule has 0 aliphatic carbocycles. The molecule has 3 amide bonds. The van der Waals surface area contributed by atoms with Crippen LogP contribution in [0.5, 0.6) is 0 Å². The molecule has 7 nitrogen and oxygen atoms in total. The van der Waals surface area contributed by atoms with Crippen molar-refractivity contribution in [3.05, 3.63) is 0 Å². The number of amides is 3. The number of primary amides is 1. The van der Waals surface area contributed by atoms with E-state index in [2.05, 4.69) is 10.6 Å². The molecule has 0 radical (unpaired) electrons. The van der Waals surface area contributed by atoms with E-state index >= 15 is 0 Å². The molecular weight excluding hydrogens is 262 g/mol. The smallest absolute Gasteiger partial charge is 0.312 e. The van der Waals surface area contributed by atoms with Crippen LogP contribution in [0.1, 0.15) is 40.5 Å². The Kier molecular flexibility index (Phi) is 7.02. The van der Waals surface area contributed by atoms with Crippen LogP contribution in [0.15, 0.2) is 0 Å². The molecule has 116 valence electrons. The summed E-state index contributed by atoms with van der Waals surface area (Å²) in [6.07, 6.45) is 1.07. The number of nitrogens with two attached hydrogens (primary N) is 1. The third-order valence-corrected chi connectivity index (χ3v) is 3.74. The van der Waals surface area contributed by atoms with Gasteiger partial charge >= 0.3 is 12.0 Å². The van der Waals surface area contributed by atoms with Crippen LogP contribution in [0.4, 0.5) is 4.79 Å². The molecule has 0 aromatic rings. The summed E-state index contributed by atoms with van der Waals surface area (Å²) in [4.78, 5) is 34.2. The lowest BCUT2D eigenvalue weighted by Crippen LogP contribution is -2.53. The minimum atomic E-state index is -1.03. The summed E-state index contributed by atoms with van der Waals surface area (Å²) >= 11 is 0. The predicted molar refractivity (Wildman–Crippen MR) is 75.0 cm³/mol. The van der Waals surface area contributed by atoms with Gasteiger partial charge in [-0.15, -0.1) is 0 Å². The van der Waals surface area contributed by atoms with Gasteiger partial charge in [0.05, 0.1) is 5.41 Å². The van der Waals surface area contributed by atoms with Gasteiger partial charge in [0.25, 0.3) is 0 Å². The SMILES string of the molecule is CCC(C)C(NC(N)=O)C(=O)NCC(C)(CC)C(=O)O. The van der Waals surface area contributed by atoms with Gasteiger partial charge in [-0.2, -0.15) is 0 Å². The van der Waals surface area contributed by atoms with Gasteiger partial charge in [-0.1, -0.05) is 27.2 Å². The molecule has 0 spiro atoms. The van der Waals surface area contributed by atoms with E-state index in [1.807, 2.05) is 13.8 Å². The molecule has 0 saturated heterocycles. The van der Waals surface area contributed by atoms with Gasteiger partial charge in [-0.25, -0.2) is 4.79 Å². The summed E-state index contributed by atoms with van der Waals surface area (Å²) in [5.74, 6) is -1.48. The van der Waals surface area contributed by atoms with Crippen molar-refractivity contribution in [3.8, 4) is 0 Å². The van der Waals surface area contributed by atoms with Crippen LogP contribution in [0.3, 0.4) is 0 Å². The van der Waals surface area contributed by atoms with Crippen LogP contribution >= 0.6 is 0 Å². The number of aliphatic carboxylic acids is 1. The molecular formula is C13H25N3O4. The van der Waals surface area contributed by atoms with Crippen molar-refractivity contribution >= 4 is 17.9 Å². The Morgan fingerprint density at radius 1 is 1.30 bits per heavy atom. The quantitative estimate of drug-likeness (QED) is 0.524. The average Bonchev–Trinajstić information content (AvgIpc) is 2.40. The van der Waals surface area contributed by atoms with E-state index in [9.17, 15) is 14.4 Å². The van der Waals surface area contributed by atoms with Crippen LogP contribution in [0, 0.1) is 11.3 Å². The first kappa shape index (κ1) is 18.2. The second-order valence-corrected chi connectivity index (χ2v) is 5.31. The number of carboxylic acid groups (broad SMARTS) is 1. The van der Waals surface area contributed by atoms with Gasteiger partial charge in [0, 0.05) is 6.54 Å². The third-order valence-electron chi connectivity index (χ3n) is 3.74. The summed E-state index contributed by atoms with van der Waals surface area (Å²) in [6, 6.07) is -1.53. The summed E-state index contributed by atoms with van der Waals surface area (Å²) in [6.45, 7) is 7.02. The Morgan fingerprint density at radius 3 is 2.20 bits per heavy atom. The highest BCUT2D eigenvalue weighted by Gasteiger charge is 2.33. The molecule has 7 heteroatoms. The minimum absolute atomic E-state index is 0.00500. The maximum absolute atomic E-state index is 12.1. The number of hydrogen-bond acceptors (Lipinski definition) is 3. The fourth-order valence-corrected chi connectivity index (χ4v) is 1.60. The van der Waals surface area contributed by atoms with Crippen molar-refractivity contribution in [1.82, 2.24) is 10.6 Å². The number of urea groups is 1. The molecule has 0 rings (SSSR count). The van der Waals surface area contributed by atoms with E-state index < -0.39 is 29.4 Å². The zero-order chi connectivity index (χ0) is 15.9. The zero-order valence-electron chi connectivity index (χ0n) is 12.5. The van der Waals surface area contributed by atoms with Crippen molar-refractivity contribution in [2.75, 3.05) is 6.54 Å². The zero-order valence-corrected chi connectivity index (χ0v) is 12.5. The van der Waals surface area contributed by atoms with E-state index in [1.165, 1.54) is 0 Å². The first-order valence-electron chi connectivity index (χ1n) is 6.75. The topological polar surface area (TPSA) is 122 Å². The summed E-state index contributed by atoms with van der Waals surface area (Å²) < 4.78 is 0. The summed E-state index contributed by atoms with van der Waals surface area (Å²) in [5.41, 5.74) is 4.03. The Labute approximate surface area is 119 Å². The Morgan fingerprint density at radius 2 is 1.85 bits per heavy atom. The fourth-order valence-electron chi connectivity index (χ4n) is 1.60. The standard InChI is InChI=1S/C13H25N3O4/c1-5-8(3)9(16-12(14)20)10(17)15-7-13(4,6-2)11(18)19/h8-9H,5-7H2,1-4H3,(H,15,17)(H,18,19)(H3,14,16,20). The number of rotatable bonds is 8. The normalized spacial score (nSPS) is 16.6. The molecule has 0 saturated carbocycles. The van der Waals surface area contributed by atoms with E-state index in [0.29, 0.717) is 12.8 Å². The van der Waals surface area contributed by atoms with E-state index in [0.717, 1.165) is 0 Å². The molecule has 0 aliphatic heterocycles. The number of carbonyl (C=O) groups is 3. The molecule has 3 atom stereocenters. The van der Waals surface area contributed by atoms with Crippen molar-refractivity contribution < 1.29 is 19.5 Å². The highest BCUT2D eigenvalue weighted by Crippen LogP contribution is 2.20. The van der Waals surface area contributed by atoms with Crippen molar-refractivity contribution in [2.45, 2.75) is 46.6 Å². The molecule has 0 aliphatic rings. The van der Waals surface area contributed by atoms with Crippen LogP contribution in [-0.2, 0) is 9.59 Å². The van der Waals surface area contributed by atoms with Crippen molar-refractivity contribution in [1.29, 1.82) is 0 Å². The molecule has 0 fully saturated rings. The fraction of sp³-hybridized carbons (Fsp3) is 0.769. The third kappa shape index (κ3) is 5.07. The Hall–Kier alpha value is -1.79.